The molecule has 10 aliphatic heterocycles. The van der Waals surface area contributed by atoms with E-state index in [-0.39, 0.29) is 0 Å². The Labute approximate surface area is 78.3 Å². The summed E-state index contributed by atoms with van der Waals surface area (Å²) in [5, 5.41) is 0. The summed E-state index contributed by atoms with van der Waals surface area (Å²) in [6.45, 7) is -0.936. The fraction of sp³-hybridized carbons (Fsp3) is 0.923. The number of rotatable bonds is 2. The Morgan fingerprint density at radius 3 is 1.67 bits per heavy atom. The van der Waals surface area contributed by atoms with Crippen LogP contribution in [0.25, 0.3) is 0 Å². The van der Waals surface area contributed by atoms with Crippen LogP contribution in [0.1, 0.15) is 13.3 Å². The van der Waals surface area contributed by atoms with Gasteiger partial charge in [-0.1, -0.05) is 0 Å². The predicted molar refractivity (Wildman–Crippen MR) is 51.7 cm³/mol. The molecule has 0 saturated carbocycles. The van der Waals surface area contributed by atoms with Crippen molar-refractivity contribution in [2.24, 2.45) is 0 Å². The molecule has 4 unspecified atom stereocenters. The molecule has 0 aliphatic carbocycles. The molecule has 0 amide bonds. The summed E-state index contributed by atoms with van der Waals surface area (Å²) in [7, 11) is 0. The molecule has 80 valence electrons. The normalized spacial score (nSPS) is 133. The molecule has 15 heavy (non-hydrogen) atoms. The van der Waals surface area contributed by atoms with Gasteiger partial charge in [0.2, 0.25) is 0 Å². The fourth-order valence-electron chi connectivity index (χ4n) is 17.5. The van der Waals surface area contributed by atoms with Crippen LogP contribution in [0.3, 0.4) is 0 Å². The molecule has 0 aromatic rings. The second-order valence-corrected chi connectivity index (χ2v) is 34.4. The Kier molecular flexibility index (Phi) is 0.127. The Balaban J connectivity index is 1.74. The van der Waals surface area contributed by atoms with Crippen LogP contribution in [0, 0.1) is 0 Å². The number of carbonyl (C=O) groups is 1. The van der Waals surface area contributed by atoms with Gasteiger partial charge in [-0.25, -0.2) is 0 Å². The van der Waals surface area contributed by atoms with Crippen molar-refractivity contribution in [3.63, 3.8) is 0 Å². The van der Waals surface area contributed by atoms with Crippen LogP contribution in [0.15, 0.2) is 0 Å². The first kappa shape index (κ1) is 5.23. The van der Waals surface area contributed by atoms with Gasteiger partial charge in [-0.15, -0.1) is 0 Å². The minimum absolute atomic E-state index is 0.558. The van der Waals surface area contributed by atoms with Crippen molar-refractivity contribution in [2.75, 3.05) is 0 Å². The monoisotopic (exact) mass is 242 g/mol. The summed E-state index contributed by atoms with van der Waals surface area (Å²) >= 11 is 0. The maximum atomic E-state index is 11.7. The zero-order valence-corrected chi connectivity index (χ0v) is 9.77. The quantitative estimate of drug-likeness (QED) is 0.674. The number of Topliss-reactive ketones (excluding diaryl/α,β-unsaturated/α-hetero) is 1. The van der Waals surface area contributed by atoms with Crippen molar-refractivity contribution in [1.82, 2.24) is 0 Å². The topological polar surface area (TPSA) is 17.1 Å². The van der Waals surface area contributed by atoms with Gasteiger partial charge >= 0.3 is 78.1 Å². The third-order valence-electron chi connectivity index (χ3n) is 15.5. The second kappa shape index (κ2) is 0.365. The Hall–Kier alpha value is 0.189. The zero-order chi connectivity index (χ0) is 9.30. The molecule has 2 heteroatoms. The van der Waals surface area contributed by atoms with Crippen molar-refractivity contribution in [2.45, 2.75) is 61.0 Å². The number of carbonyl (C=O) groups excluding carboxylic acids is 1. The molecule has 10 aliphatic rings. The summed E-state index contributed by atoms with van der Waals surface area (Å²) in [5.41, 5.74) is 0. The first-order valence-corrected chi connectivity index (χ1v) is 13.0. The van der Waals surface area contributed by atoms with Gasteiger partial charge in [-0.3, -0.25) is 0 Å². The first-order chi connectivity index (χ1) is 6.96. The van der Waals surface area contributed by atoms with Gasteiger partial charge in [0.25, 0.3) is 0 Å². The molecule has 4 atom stereocenters. The SMILES string of the molecule is CC(=O)C[C]12[CH]3[CH]4[CH]5[CH]1[Fe]45321678[CH]2[CH]1[CH]6[CH]7[CH]28. The van der Waals surface area contributed by atoms with Crippen molar-refractivity contribution >= 4 is 5.78 Å². The molecule has 0 radical (unpaired) electrons. The standard InChI is InChI=1S/C8H9O.C5H5.Fe/c1-7(9)6-8-4-2-3-5-8;1-2-4-5-3-1;/h2-5H,6H2,1H3;1-5H;. The predicted octanol–water partition coefficient (Wildman–Crippen LogP) is 3.72. The summed E-state index contributed by atoms with van der Waals surface area (Å²) in [6.07, 6.45) is 1.10. The van der Waals surface area contributed by atoms with E-state index in [2.05, 4.69) is 0 Å². The van der Waals surface area contributed by atoms with Crippen LogP contribution >= 0.6 is 0 Å². The molecule has 1 nitrogen and oxygen atoms in total. The van der Waals surface area contributed by atoms with Gasteiger partial charge in [-0.05, 0) is 0 Å². The molecule has 10 saturated heterocycles. The molecule has 0 bridgehead atoms. The fourth-order valence-corrected chi connectivity index (χ4v) is 92.4. The number of hydrogen-bond acceptors (Lipinski definition) is 1. The average Bonchev–Trinajstić information content (AvgIpc) is 3.12. The molecule has 0 aromatic heterocycles. The van der Waals surface area contributed by atoms with Gasteiger partial charge in [0, 0.05) is 0 Å². The summed E-state index contributed by atoms with van der Waals surface area (Å²) < 4.78 is 0.866. The van der Waals surface area contributed by atoms with Crippen LogP contribution in [-0.4, -0.2) is 5.78 Å². The van der Waals surface area contributed by atoms with Gasteiger partial charge in [-0.2, -0.15) is 0 Å². The van der Waals surface area contributed by atoms with E-state index in [1.807, 2.05) is 6.92 Å². The van der Waals surface area contributed by atoms with E-state index in [1.54, 1.807) is 0 Å². The molecule has 10 fully saturated rings. The molecular weight excluding hydrogens is 228 g/mol. The zero-order valence-electron chi connectivity index (χ0n) is 8.67. The van der Waals surface area contributed by atoms with Crippen LogP contribution < -0.4 is 0 Å². The van der Waals surface area contributed by atoms with Crippen molar-refractivity contribution in [3.8, 4) is 0 Å². The Bertz CT molecular complexity index is 860. The van der Waals surface area contributed by atoms with Crippen LogP contribution in [-0.2, 0) is 11.3 Å². The van der Waals surface area contributed by atoms with E-state index < -0.39 is 6.51 Å². The van der Waals surface area contributed by atoms with Crippen LogP contribution in [0.5, 0.6) is 0 Å². The van der Waals surface area contributed by atoms with Crippen molar-refractivity contribution < 1.29 is 11.3 Å². The molecule has 0 N–H and O–H groups in total. The van der Waals surface area contributed by atoms with Gasteiger partial charge < -0.3 is 0 Å². The number of hydrogen-bond donors (Lipinski definition) is 0. The third kappa shape index (κ3) is 0.0443. The molecule has 1 spiro atoms. The third-order valence-corrected chi connectivity index (χ3v) is 58.5. The van der Waals surface area contributed by atoms with E-state index in [4.69, 9.17) is 0 Å². The molecule has 10 heterocycles. The van der Waals surface area contributed by atoms with Crippen LogP contribution in [0.4, 0.5) is 0 Å². The Morgan fingerprint density at radius 2 is 1.47 bits per heavy atom. The minimum atomic E-state index is -2.82. The Morgan fingerprint density at radius 1 is 1.00 bits per heavy atom. The van der Waals surface area contributed by atoms with Gasteiger partial charge in [0.15, 0.2) is 0 Å². The second-order valence-electron chi connectivity index (χ2n) is 10.7. The van der Waals surface area contributed by atoms with E-state index in [1.165, 1.54) is 43.3 Å². The van der Waals surface area contributed by atoms with E-state index in [0.29, 0.717) is 5.78 Å². The summed E-state index contributed by atoms with van der Waals surface area (Å²) in [4.78, 5) is 24.1. The molecule has 10 rings (SSSR count). The van der Waals surface area contributed by atoms with Crippen molar-refractivity contribution in [1.29, 1.82) is 0 Å². The molecular formula is C13H14FeO. The van der Waals surface area contributed by atoms with Gasteiger partial charge in [0.1, 0.15) is 0 Å². The van der Waals surface area contributed by atoms with E-state index >= 15 is 0 Å². The summed E-state index contributed by atoms with van der Waals surface area (Å²) in [6, 6.07) is 0. The number of fused-ring (bicyclic) bond motifs is 10. The molecule has 0 aromatic carbocycles. The average molecular weight is 242 g/mol. The van der Waals surface area contributed by atoms with Gasteiger partial charge in [0.05, 0.1) is 0 Å². The maximum absolute atomic E-state index is 11.7. The number of ketones is 1. The van der Waals surface area contributed by atoms with Crippen LogP contribution in [0.2, 0.25) is 47.7 Å². The van der Waals surface area contributed by atoms with Crippen molar-refractivity contribution in [3.05, 3.63) is 0 Å². The first-order valence-electron chi connectivity index (χ1n) is 6.67. The summed E-state index contributed by atoms with van der Waals surface area (Å²) in [5.74, 6) is 0.558. The van der Waals surface area contributed by atoms with E-state index in [0.717, 1.165) is 10.7 Å². The van der Waals surface area contributed by atoms with E-state index in [9.17, 15) is 4.79 Å².